The quantitative estimate of drug-likeness (QED) is 0.595. The zero-order valence-electron chi connectivity index (χ0n) is 16.7. The van der Waals surface area contributed by atoms with Crippen LogP contribution in [0.3, 0.4) is 0 Å². The number of hydrogen-bond donors (Lipinski definition) is 0. The predicted octanol–water partition coefficient (Wildman–Crippen LogP) is 4.59. The van der Waals surface area contributed by atoms with Crippen LogP contribution in [0.25, 0.3) is 10.2 Å². The van der Waals surface area contributed by atoms with Crippen molar-refractivity contribution in [2.75, 3.05) is 0 Å². The lowest BCUT2D eigenvalue weighted by atomic mass is 9.89. The fraction of sp³-hybridized carbons (Fsp3) is 0.435. The van der Waals surface area contributed by atoms with Gasteiger partial charge in [0.2, 0.25) is 0 Å². The highest BCUT2D eigenvalue weighted by Gasteiger charge is 2.23. The average Bonchev–Trinajstić information content (AvgIpc) is 3.07. The molecule has 4 nitrogen and oxygen atoms in total. The molecule has 0 fully saturated rings. The van der Waals surface area contributed by atoms with Crippen LogP contribution in [0.2, 0.25) is 0 Å². The molecule has 0 bridgehead atoms. The number of fused-ring (bicyclic) bond motifs is 3. The van der Waals surface area contributed by atoms with Crippen molar-refractivity contribution in [3.63, 3.8) is 0 Å². The van der Waals surface area contributed by atoms with Gasteiger partial charge in [-0.1, -0.05) is 32.9 Å². The molecule has 2 aromatic heterocycles. The number of Topliss-reactive ketones (excluding diaryl/α,β-unsaturated/α-hetero) is 1. The molecular weight excluding hydrogens is 368 g/mol. The molecule has 0 saturated carbocycles. The van der Waals surface area contributed by atoms with E-state index in [0.717, 1.165) is 59.0 Å². The van der Waals surface area contributed by atoms with E-state index in [4.69, 9.17) is 0 Å². The normalized spacial score (nSPS) is 16.3. The monoisotopic (exact) mass is 394 g/mol. The minimum atomic E-state index is -0.0740. The van der Waals surface area contributed by atoms with Gasteiger partial charge in [0, 0.05) is 10.4 Å². The first kappa shape index (κ1) is 19.1. The zero-order chi connectivity index (χ0) is 19.8. The summed E-state index contributed by atoms with van der Waals surface area (Å²) in [6, 6.07) is 6.09. The Hall–Kier alpha value is -2.27. The Balaban J connectivity index is 1.72. The second-order valence-electron chi connectivity index (χ2n) is 7.83. The molecule has 5 heteroatoms. The molecule has 1 atom stereocenters. The Bertz CT molecular complexity index is 1110. The number of benzene rings is 1. The summed E-state index contributed by atoms with van der Waals surface area (Å²) in [5.74, 6) is 0.635. The largest absolute Gasteiger partial charge is 0.292 e. The van der Waals surface area contributed by atoms with Gasteiger partial charge in [0.05, 0.1) is 18.3 Å². The summed E-state index contributed by atoms with van der Waals surface area (Å²) < 4.78 is 1.49. The van der Waals surface area contributed by atoms with Gasteiger partial charge in [0.25, 0.3) is 5.56 Å². The molecule has 0 aliphatic heterocycles. The third-order valence-electron chi connectivity index (χ3n) is 5.86. The van der Waals surface area contributed by atoms with Crippen molar-refractivity contribution in [1.29, 1.82) is 0 Å². The maximum Gasteiger partial charge on any atom is 0.262 e. The van der Waals surface area contributed by atoms with Crippen molar-refractivity contribution in [2.24, 2.45) is 5.92 Å². The van der Waals surface area contributed by atoms with Gasteiger partial charge in [-0.2, -0.15) is 0 Å². The Kier molecular flexibility index (Phi) is 5.19. The minimum Gasteiger partial charge on any atom is -0.292 e. The van der Waals surface area contributed by atoms with E-state index in [0.29, 0.717) is 5.92 Å². The van der Waals surface area contributed by atoms with Crippen LogP contribution in [0.4, 0.5) is 0 Å². The van der Waals surface area contributed by atoms with Gasteiger partial charge in [-0.05, 0) is 60.8 Å². The molecule has 1 aliphatic rings. The summed E-state index contributed by atoms with van der Waals surface area (Å²) >= 11 is 1.64. The molecule has 4 rings (SSSR count). The van der Waals surface area contributed by atoms with Gasteiger partial charge >= 0.3 is 0 Å². The lowest BCUT2D eigenvalue weighted by molar-refractivity contribution is 0.0969. The van der Waals surface area contributed by atoms with Crippen molar-refractivity contribution in [1.82, 2.24) is 9.55 Å². The Labute approximate surface area is 169 Å². The molecule has 1 aliphatic carbocycles. The molecule has 146 valence electrons. The first-order chi connectivity index (χ1) is 13.5. The van der Waals surface area contributed by atoms with Crippen LogP contribution < -0.4 is 5.56 Å². The topological polar surface area (TPSA) is 52.0 Å². The van der Waals surface area contributed by atoms with Crippen molar-refractivity contribution in [2.45, 2.75) is 59.4 Å². The lowest BCUT2D eigenvalue weighted by Crippen LogP contribution is -2.25. The standard InChI is InChI=1S/C23H26N2O2S/c1-4-15-7-8-16(5-2)18(11-15)19(26)12-25-13-24-22-21(23(25)27)17-9-6-14(3)10-20(17)28-22/h7-8,11,13-14H,4-6,9-10,12H2,1-3H3/t14-/m1/s1. The van der Waals surface area contributed by atoms with Gasteiger partial charge < -0.3 is 0 Å². The highest BCUT2D eigenvalue weighted by Crippen LogP contribution is 2.35. The minimum absolute atomic E-state index is 0.0203. The highest BCUT2D eigenvalue weighted by molar-refractivity contribution is 7.18. The third-order valence-corrected chi connectivity index (χ3v) is 7.02. The molecule has 0 unspecified atom stereocenters. The smallest absolute Gasteiger partial charge is 0.262 e. The number of thiophene rings is 1. The van der Waals surface area contributed by atoms with Crippen molar-refractivity contribution >= 4 is 27.3 Å². The summed E-state index contributed by atoms with van der Waals surface area (Å²) in [7, 11) is 0. The Morgan fingerprint density at radius 1 is 1.29 bits per heavy atom. The SMILES string of the molecule is CCc1ccc(CC)c(C(=O)Cn2cnc3sc4c(c3c2=O)CC[C@@H](C)C4)c1. The molecular formula is C23H26N2O2S. The van der Waals surface area contributed by atoms with Crippen molar-refractivity contribution < 1.29 is 4.79 Å². The van der Waals surface area contributed by atoms with Gasteiger partial charge in [0.15, 0.2) is 5.78 Å². The third kappa shape index (κ3) is 3.32. The van der Waals surface area contributed by atoms with E-state index < -0.39 is 0 Å². The van der Waals surface area contributed by atoms with Gasteiger partial charge in [-0.15, -0.1) is 11.3 Å². The summed E-state index contributed by atoms with van der Waals surface area (Å²) in [6.07, 6.45) is 6.30. The molecule has 0 spiro atoms. The number of rotatable bonds is 5. The molecule has 0 N–H and O–H groups in total. The van der Waals surface area contributed by atoms with Gasteiger partial charge in [-0.25, -0.2) is 4.98 Å². The van der Waals surface area contributed by atoms with Gasteiger partial charge in [-0.3, -0.25) is 14.2 Å². The molecule has 1 aromatic carbocycles. The average molecular weight is 395 g/mol. The van der Waals surface area contributed by atoms with Gasteiger partial charge in [0.1, 0.15) is 4.83 Å². The molecule has 28 heavy (non-hydrogen) atoms. The molecule has 0 saturated heterocycles. The Morgan fingerprint density at radius 2 is 2.11 bits per heavy atom. The first-order valence-corrected chi connectivity index (χ1v) is 11.0. The van der Waals surface area contributed by atoms with Crippen molar-refractivity contribution in [3.8, 4) is 0 Å². The second kappa shape index (κ2) is 7.63. The molecule has 0 amide bonds. The predicted molar refractivity (Wildman–Crippen MR) is 115 cm³/mol. The number of ketones is 1. The van der Waals surface area contributed by atoms with E-state index in [9.17, 15) is 9.59 Å². The summed E-state index contributed by atoms with van der Waals surface area (Å²) in [4.78, 5) is 32.8. The van der Waals surface area contributed by atoms with Crippen LogP contribution in [-0.2, 0) is 32.2 Å². The number of carbonyl (C=O) groups excluding carboxylic acids is 1. The van der Waals surface area contributed by atoms with E-state index in [1.54, 1.807) is 17.7 Å². The highest BCUT2D eigenvalue weighted by atomic mass is 32.1. The first-order valence-electron chi connectivity index (χ1n) is 10.2. The fourth-order valence-electron chi connectivity index (χ4n) is 4.13. The van der Waals surface area contributed by atoms with Crippen LogP contribution in [0.15, 0.2) is 29.3 Å². The summed E-state index contributed by atoms with van der Waals surface area (Å²) in [5.41, 5.74) is 4.00. The van der Waals surface area contributed by atoms with E-state index >= 15 is 0 Å². The number of hydrogen-bond acceptors (Lipinski definition) is 4. The maximum atomic E-state index is 13.2. The molecule has 3 aromatic rings. The number of nitrogens with zero attached hydrogens (tertiary/aromatic N) is 2. The van der Waals surface area contributed by atoms with Crippen molar-refractivity contribution in [3.05, 3.63) is 62.0 Å². The van der Waals surface area contributed by atoms with Crippen LogP contribution >= 0.6 is 11.3 Å². The van der Waals surface area contributed by atoms with Crippen LogP contribution in [0.5, 0.6) is 0 Å². The van der Waals surface area contributed by atoms with Crippen LogP contribution in [-0.4, -0.2) is 15.3 Å². The fourth-order valence-corrected chi connectivity index (χ4v) is 5.47. The second-order valence-corrected chi connectivity index (χ2v) is 8.91. The van der Waals surface area contributed by atoms with E-state index in [-0.39, 0.29) is 17.9 Å². The number of carbonyl (C=O) groups is 1. The molecule has 0 radical (unpaired) electrons. The van der Waals surface area contributed by atoms with Crippen LogP contribution in [0.1, 0.15) is 59.1 Å². The summed E-state index contributed by atoms with van der Waals surface area (Å²) in [5, 5.41) is 0.736. The summed E-state index contributed by atoms with van der Waals surface area (Å²) in [6.45, 7) is 6.44. The van der Waals surface area contributed by atoms with E-state index in [1.807, 2.05) is 12.1 Å². The Morgan fingerprint density at radius 3 is 2.86 bits per heavy atom. The number of aryl methyl sites for hydroxylation is 3. The molecule has 2 heterocycles. The maximum absolute atomic E-state index is 13.2. The van der Waals surface area contributed by atoms with Crippen LogP contribution in [0, 0.1) is 5.92 Å². The zero-order valence-corrected chi connectivity index (χ0v) is 17.6. The number of aromatic nitrogens is 2. The van der Waals surface area contributed by atoms with E-state index in [2.05, 4.69) is 31.8 Å². The van der Waals surface area contributed by atoms with E-state index in [1.165, 1.54) is 15.0 Å². The lowest BCUT2D eigenvalue weighted by Gasteiger charge is -2.17.